The number of hydrogen-bond acceptors (Lipinski definition) is 13. The van der Waals surface area contributed by atoms with Crippen molar-refractivity contribution in [1.82, 2.24) is 10.2 Å². The first kappa shape index (κ1) is 41.3. The summed E-state index contributed by atoms with van der Waals surface area (Å²) in [5.74, 6) is -0.319. The van der Waals surface area contributed by atoms with Crippen LogP contribution in [0.5, 0.6) is 0 Å². The molecule has 0 heterocycles. The summed E-state index contributed by atoms with van der Waals surface area (Å²) in [5.41, 5.74) is 0. The molecule has 14 nitrogen and oxygen atoms in total. The fourth-order valence-corrected chi connectivity index (χ4v) is 3.79. The second kappa shape index (κ2) is 33.2. The maximum atomic E-state index is 12.2. The third-order valence-corrected chi connectivity index (χ3v) is 6.44. The number of amides is 2. The van der Waals surface area contributed by atoms with Crippen LogP contribution in [0.2, 0.25) is 0 Å². The minimum atomic E-state index is -0.410. The van der Waals surface area contributed by atoms with Crippen LogP contribution in [0.25, 0.3) is 0 Å². The third-order valence-electron chi connectivity index (χ3n) is 5.47. The molecule has 1 unspecified atom stereocenters. The Morgan fingerprint density at radius 1 is 0.651 bits per heavy atom. The van der Waals surface area contributed by atoms with E-state index in [-0.39, 0.29) is 31.2 Å². The van der Waals surface area contributed by atoms with Gasteiger partial charge < -0.3 is 57.7 Å². The Kier molecular flexibility index (Phi) is 31.9. The summed E-state index contributed by atoms with van der Waals surface area (Å²) >= 11 is 1.33. The molecule has 0 fully saturated rings. The van der Waals surface area contributed by atoms with Crippen molar-refractivity contribution in [2.45, 2.75) is 24.5 Å². The zero-order valence-electron chi connectivity index (χ0n) is 25.8. The summed E-state index contributed by atoms with van der Waals surface area (Å²) in [7, 11) is 1.63. The van der Waals surface area contributed by atoms with E-state index in [1.807, 2.05) is 0 Å². The highest BCUT2D eigenvalue weighted by Gasteiger charge is 2.21. The smallest absolute Gasteiger partial charge is 0.235 e. The van der Waals surface area contributed by atoms with Gasteiger partial charge in [0.1, 0.15) is 12.6 Å². The zero-order valence-corrected chi connectivity index (χ0v) is 26.7. The van der Waals surface area contributed by atoms with E-state index in [9.17, 15) is 19.2 Å². The molecule has 0 aromatic carbocycles. The number of nitrogens with one attached hydrogen (secondary N) is 1. The van der Waals surface area contributed by atoms with Gasteiger partial charge in [0.25, 0.3) is 0 Å². The molecule has 43 heavy (non-hydrogen) atoms. The lowest BCUT2D eigenvalue weighted by molar-refractivity contribution is -0.131. The molecule has 0 saturated heterocycles. The van der Waals surface area contributed by atoms with Gasteiger partial charge in [0.2, 0.25) is 11.8 Å². The average molecular weight is 641 g/mol. The number of ether oxygens (including phenoxy) is 8. The maximum absolute atomic E-state index is 12.2. The largest absolute Gasteiger partial charge is 0.379 e. The summed E-state index contributed by atoms with van der Waals surface area (Å²) in [5, 5.41) is 2.34. The van der Waals surface area contributed by atoms with Gasteiger partial charge in [-0.15, -0.1) is 0 Å². The Morgan fingerprint density at radius 3 is 1.42 bits per heavy atom. The fraction of sp³-hybridized carbons (Fsp3) is 0.857. The number of carbonyl (C=O) groups excluding carboxylic acids is 4. The van der Waals surface area contributed by atoms with E-state index < -0.39 is 5.25 Å². The Hall–Kier alpha value is -1.69. The molecule has 0 aliphatic heterocycles. The van der Waals surface area contributed by atoms with Crippen molar-refractivity contribution in [2.75, 3.05) is 132 Å². The van der Waals surface area contributed by atoms with Crippen molar-refractivity contribution in [3.8, 4) is 0 Å². The number of hydrogen-bond donors (Lipinski definition) is 1. The van der Waals surface area contributed by atoms with E-state index in [0.717, 1.165) is 12.6 Å². The van der Waals surface area contributed by atoms with E-state index in [1.54, 1.807) is 13.3 Å². The molecule has 0 aliphatic rings. The Morgan fingerprint density at radius 2 is 1.05 bits per heavy atom. The molecular weight excluding hydrogens is 588 g/mol. The van der Waals surface area contributed by atoms with Gasteiger partial charge in [-0.25, -0.2) is 0 Å². The van der Waals surface area contributed by atoms with Crippen LogP contribution < -0.4 is 5.32 Å². The summed E-state index contributed by atoms with van der Waals surface area (Å²) in [6.45, 7) is 7.93. The van der Waals surface area contributed by atoms with Crippen molar-refractivity contribution in [3.05, 3.63) is 0 Å². The number of aldehydes is 2. The van der Waals surface area contributed by atoms with Crippen molar-refractivity contribution in [1.29, 1.82) is 0 Å². The Bertz CT molecular complexity index is 678. The van der Waals surface area contributed by atoms with Crippen LogP contribution in [0, 0.1) is 0 Å². The van der Waals surface area contributed by atoms with E-state index in [2.05, 4.69) is 5.32 Å². The van der Waals surface area contributed by atoms with Gasteiger partial charge in [0, 0.05) is 39.4 Å². The van der Waals surface area contributed by atoms with Crippen LogP contribution >= 0.6 is 11.8 Å². The first-order chi connectivity index (χ1) is 21.1. The van der Waals surface area contributed by atoms with Gasteiger partial charge in [0.05, 0.1) is 111 Å². The van der Waals surface area contributed by atoms with Gasteiger partial charge in [-0.05, 0) is 6.26 Å². The topological polar surface area (TPSA) is 157 Å². The van der Waals surface area contributed by atoms with Crippen molar-refractivity contribution in [2.24, 2.45) is 0 Å². The van der Waals surface area contributed by atoms with Gasteiger partial charge in [0.15, 0.2) is 0 Å². The first-order valence-corrected chi connectivity index (χ1v) is 15.9. The van der Waals surface area contributed by atoms with E-state index in [0.29, 0.717) is 119 Å². The molecular formula is C28H52N2O12S. The first-order valence-electron chi connectivity index (χ1n) is 14.6. The lowest BCUT2D eigenvalue weighted by atomic mass is 10.2. The molecule has 0 spiro atoms. The number of thioether (sulfide) groups is 1. The molecule has 15 heteroatoms. The van der Waals surface area contributed by atoms with Gasteiger partial charge in [-0.3, -0.25) is 9.59 Å². The molecule has 0 radical (unpaired) electrons. The molecule has 252 valence electrons. The molecule has 0 rings (SSSR count). The quantitative estimate of drug-likeness (QED) is 0.0741. The van der Waals surface area contributed by atoms with Crippen LogP contribution in [0.3, 0.4) is 0 Å². The van der Waals surface area contributed by atoms with Crippen LogP contribution in [-0.2, 0) is 57.1 Å². The number of rotatable bonds is 34. The predicted octanol–water partition coefficient (Wildman–Crippen LogP) is -0.00650. The summed E-state index contributed by atoms with van der Waals surface area (Å²) in [6, 6.07) is 0. The van der Waals surface area contributed by atoms with Crippen LogP contribution in [0.15, 0.2) is 0 Å². The van der Waals surface area contributed by atoms with Crippen LogP contribution in [0.4, 0.5) is 0 Å². The Balaban J connectivity index is 3.29. The van der Waals surface area contributed by atoms with Gasteiger partial charge in [-0.1, -0.05) is 0 Å². The Labute approximate surface area is 260 Å². The van der Waals surface area contributed by atoms with E-state index in [4.69, 9.17) is 37.9 Å². The average Bonchev–Trinajstić information content (AvgIpc) is 3.01. The molecule has 0 aromatic heterocycles. The van der Waals surface area contributed by atoms with E-state index in [1.165, 1.54) is 16.7 Å². The van der Waals surface area contributed by atoms with Crippen molar-refractivity contribution < 1.29 is 57.1 Å². The highest BCUT2D eigenvalue weighted by atomic mass is 32.2. The highest BCUT2D eigenvalue weighted by Crippen LogP contribution is 2.12. The minimum Gasteiger partial charge on any atom is -0.379 e. The number of carbonyl (C=O) groups is 4. The fourth-order valence-electron chi connectivity index (χ4n) is 3.13. The molecule has 0 aliphatic carbocycles. The molecule has 0 bridgehead atoms. The monoisotopic (exact) mass is 640 g/mol. The maximum Gasteiger partial charge on any atom is 0.235 e. The zero-order chi connectivity index (χ0) is 31.6. The standard InChI is InChI=1S/C28H52N2O12S/c1-30(28(34)26(43-2)5-9-32)7-4-27(33)29-6-11-36-13-15-38-17-19-40-21-23-42-25-24-41-22-20-39-18-16-37-14-12-35-10-3-8-31/h8-9,26H,3-7,10-25H2,1-2H3,(H,29,33). The molecule has 0 saturated carbocycles. The summed E-state index contributed by atoms with van der Waals surface area (Å²) in [6.07, 6.45) is 4.09. The second-order valence-electron chi connectivity index (χ2n) is 8.84. The third kappa shape index (κ3) is 28.8. The van der Waals surface area contributed by atoms with Crippen LogP contribution in [-0.4, -0.2) is 167 Å². The van der Waals surface area contributed by atoms with Crippen molar-refractivity contribution >= 4 is 36.1 Å². The lowest BCUT2D eigenvalue weighted by Crippen LogP contribution is -2.38. The molecule has 1 N–H and O–H groups in total. The summed E-state index contributed by atoms with van der Waals surface area (Å²) in [4.78, 5) is 46.4. The normalized spacial score (nSPS) is 11.8. The van der Waals surface area contributed by atoms with Crippen molar-refractivity contribution in [3.63, 3.8) is 0 Å². The highest BCUT2D eigenvalue weighted by molar-refractivity contribution is 7.99. The molecule has 0 aromatic rings. The van der Waals surface area contributed by atoms with E-state index >= 15 is 0 Å². The molecule has 2 amide bonds. The van der Waals surface area contributed by atoms with Gasteiger partial charge >= 0.3 is 0 Å². The summed E-state index contributed by atoms with van der Waals surface area (Å²) < 4.78 is 43.1. The minimum absolute atomic E-state index is 0.152. The lowest BCUT2D eigenvalue weighted by Gasteiger charge is -2.21. The second-order valence-corrected chi connectivity index (χ2v) is 9.88. The number of nitrogens with zero attached hydrogens (tertiary/aromatic N) is 1. The van der Waals surface area contributed by atoms with Crippen LogP contribution in [0.1, 0.15) is 19.3 Å². The van der Waals surface area contributed by atoms with Gasteiger partial charge in [-0.2, -0.15) is 11.8 Å². The SMILES string of the molecule is CSC(CC=O)C(=O)N(C)CCC(=O)NCCOCCOCCOCCOCCOCCOCCOCCOCCC=O. The predicted molar refractivity (Wildman–Crippen MR) is 160 cm³/mol. The molecule has 1 atom stereocenters.